The number of anilines is 1. The SMILES string of the molecule is Fc1cccc(F)c1N1CCCNC(c2ccccc2)C1. The van der Waals surface area contributed by atoms with Gasteiger partial charge >= 0.3 is 0 Å². The van der Waals surface area contributed by atoms with Gasteiger partial charge < -0.3 is 10.2 Å². The molecule has 0 saturated carbocycles. The Bertz CT molecular complexity index is 581. The van der Waals surface area contributed by atoms with Gasteiger partial charge in [-0.2, -0.15) is 0 Å². The molecular weight excluding hydrogens is 270 g/mol. The summed E-state index contributed by atoms with van der Waals surface area (Å²) < 4.78 is 28.0. The zero-order valence-electron chi connectivity index (χ0n) is 11.7. The summed E-state index contributed by atoms with van der Waals surface area (Å²) in [5, 5.41) is 3.45. The van der Waals surface area contributed by atoms with Gasteiger partial charge in [-0.1, -0.05) is 36.4 Å². The second kappa shape index (κ2) is 6.22. The number of nitrogens with zero attached hydrogens (tertiary/aromatic N) is 1. The van der Waals surface area contributed by atoms with Crippen LogP contribution in [0.3, 0.4) is 0 Å². The lowest BCUT2D eigenvalue weighted by Crippen LogP contribution is -2.32. The molecule has 21 heavy (non-hydrogen) atoms. The van der Waals surface area contributed by atoms with Crippen LogP contribution in [0.15, 0.2) is 48.5 Å². The van der Waals surface area contributed by atoms with Gasteiger partial charge in [-0.3, -0.25) is 0 Å². The molecular formula is C17H18F2N2. The standard InChI is InChI=1S/C17H18F2N2/c18-14-8-4-9-15(19)17(14)21-11-5-10-20-16(12-21)13-6-2-1-3-7-13/h1-4,6-9,16,20H,5,10-12H2. The Hall–Kier alpha value is -1.94. The van der Waals surface area contributed by atoms with Crippen LogP contribution in [0, 0.1) is 11.6 Å². The molecule has 3 rings (SSSR count). The molecule has 1 fully saturated rings. The Labute approximate surface area is 123 Å². The lowest BCUT2D eigenvalue weighted by atomic mass is 10.1. The Kier molecular flexibility index (Phi) is 4.15. The summed E-state index contributed by atoms with van der Waals surface area (Å²) in [7, 11) is 0. The third-order valence-corrected chi connectivity index (χ3v) is 3.85. The van der Waals surface area contributed by atoms with Crippen molar-refractivity contribution in [3.63, 3.8) is 0 Å². The van der Waals surface area contributed by atoms with Crippen LogP contribution in [-0.4, -0.2) is 19.6 Å². The van der Waals surface area contributed by atoms with Crippen molar-refractivity contribution < 1.29 is 8.78 Å². The van der Waals surface area contributed by atoms with Crippen LogP contribution in [0.2, 0.25) is 0 Å². The van der Waals surface area contributed by atoms with Gasteiger partial charge in [0.25, 0.3) is 0 Å². The highest BCUT2D eigenvalue weighted by Gasteiger charge is 2.23. The Morgan fingerprint density at radius 3 is 2.38 bits per heavy atom. The van der Waals surface area contributed by atoms with E-state index in [-0.39, 0.29) is 11.7 Å². The van der Waals surface area contributed by atoms with E-state index < -0.39 is 11.6 Å². The van der Waals surface area contributed by atoms with Crippen LogP contribution in [0.1, 0.15) is 18.0 Å². The van der Waals surface area contributed by atoms with Crippen LogP contribution in [0.5, 0.6) is 0 Å². The van der Waals surface area contributed by atoms with Gasteiger partial charge in [-0.15, -0.1) is 0 Å². The molecule has 1 atom stereocenters. The van der Waals surface area contributed by atoms with E-state index in [0.29, 0.717) is 13.1 Å². The topological polar surface area (TPSA) is 15.3 Å². The number of benzene rings is 2. The van der Waals surface area contributed by atoms with Crippen molar-refractivity contribution >= 4 is 5.69 Å². The number of hydrogen-bond acceptors (Lipinski definition) is 2. The average Bonchev–Trinajstić information content (AvgIpc) is 2.74. The fraction of sp³-hybridized carbons (Fsp3) is 0.294. The van der Waals surface area contributed by atoms with E-state index in [2.05, 4.69) is 5.32 Å². The van der Waals surface area contributed by atoms with Crippen molar-refractivity contribution in [3.8, 4) is 0 Å². The van der Waals surface area contributed by atoms with Crippen molar-refractivity contribution in [1.82, 2.24) is 5.32 Å². The van der Waals surface area contributed by atoms with Gasteiger partial charge in [0, 0.05) is 19.1 Å². The zero-order valence-corrected chi connectivity index (χ0v) is 11.7. The molecule has 1 aliphatic rings. The summed E-state index contributed by atoms with van der Waals surface area (Å²) >= 11 is 0. The molecule has 1 aliphatic heterocycles. The minimum absolute atomic E-state index is 0.0766. The maximum absolute atomic E-state index is 14.0. The van der Waals surface area contributed by atoms with Crippen LogP contribution >= 0.6 is 0 Å². The van der Waals surface area contributed by atoms with Crippen molar-refractivity contribution in [1.29, 1.82) is 0 Å². The van der Waals surface area contributed by atoms with E-state index >= 15 is 0 Å². The van der Waals surface area contributed by atoms with Crippen LogP contribution < -0.4 is 10.2 Å². The average molecular weight is 288 g/mol. The summed E-state index contributed by atoms with van der Waals surface area (Å²) in [5.41, 5.74) is 1.23. The first-order valence-corrected chi connectivity index (χ1v) is 7.23. The first kappa shape index (κ1) is 14.0. The first-order chi connectivity index (χ1) is 10.3. The fourth-order valence-corrected chi connectivity index (χ4v) is 2.83. The first-order valence-electron chi connectivity index (χ1n) is 7.23. The highest BCUT2D eigenvalue weighted by Crippen LogP contribution is 2.27. The number of hydrogen-bond donors (Lipinski definition) is 1. The van der Waals surface area contributed by atoms with E-state index in [9.17, 15) is 8.78 Å². The summed E-state index contributed by atoms with van der Waals surface area (Å²) in [6.45, 7) is 2.04. The van der Waals surface area contributed by atoms with Gasteiger partial charge in [0.15, 0.2) is 0 Å². The molecule has 0 amide bonds. The van der Waals surface area contributed by atoms with E-state index in [0.717, 1.165) is 18.5 Å². The van der Waals surface area contributed by atoms with E-state index in [1.54, 1.807) is 0 Å². The van der Waals surface area contributed by atoms with Crippen molar-refractivity contribution in [2.45, 2.75) is 12.5 Å². The Morgan fingerprint density at radius 2 is 1.67 bits per heavy atom. The molecule has 1 saturated heterocycles. The maximum atomic E-state index is 14.0. The minimum atomic E-state index is -0.497. The lowest BCUT2D eigenvalue weighted by molar-refractivity contribution is 0.548. The predicted octanol–water partition coefficient (Wildman–Crippen LogP) is 3.51. The lowest BCUT2D eigenvalue weighted by Gasteiger charge is -2.27. The Balaban J connectivity index is 1.89. The number of rotatable bonds is 2. The predicted molar refractivity (Wildman–Crippen MR) is 80.4 cm³/mol. The monoisotopic (exact) mass is 288 g/mol. The highest BCUT2D eigenvalue weighted by atomic mass is 19.1. The second-order valence-corrected chi connectivity index (χ2v) is 5.29. The summed E-state index contributed by atoms with van der Waals surface area (Å²) in [4.78, 5) is 1.81. The molecule has 0 aromatic heterocycles. The van der Waals surface area contributed by atoms with E-state index in [1.807, 2.05) is 35.2 Å². The molecule has 0 aliphatic carbocycles. The largest absolute Gasteiger partial charge is 0.365 e. The van der Waals surface area contributed by atoms with E-state index in [4.69, 9.17) is 0 Å². The highest BCUT2D eigenvalue weighted by molar-refractivity contribution is 5.49. The zero-order chi connectivity index (χ0) is 14.7. The molecule has 2 aromatic carbocycles. The van der Waals surface area contributed by atoms with Gasteiger partial charge in [-0.05, 0) is 30.7 Å². The third-order valence-electron chi connectivity index (χ3n) is 3.85. The molecule has 0 spiro atoms. The third kappa shape index (κ3) is 3.05. The molecule has 110 valence electrons. The summed E-state index contributed by atoms with van der Waals surface area (Å²) in [6, 6.07) is 14.1. The van der Waals surface area contributed by atoms with Crippen LogP contribution in [-0.2, 0) is 0 Å². The normalized spacial score (nSPS) is 19.3. The van der Waals surface area contributed by atoms with Crippen LogP contribution in [0.25, 0.3) is 0 Å². The maximum Gasteiger partial charge on any atom is 0.149 e. The molecule has 1 unspecified atom stereocenters. The van der Waals surface area contributed by atoms with Gasteiger partial charge in [-0.25, -0.2) is 8.78 Å². The number of halogens is 2. The number of nitrogens with one attached hydrogen (secondary N) is 1. The molecule has 1 N–H and O–H groups in total. The molecule has 1 heterocycles. The minimum Gasteiger partial charge on any atom is -0.365 e. The number of para-hydroxylation sites is 1. The quantitative estimate of drug-likeness (QED) is 0.910. The van der Waals surface area contributed by atoms with Crippen molar-refractivity contribution in [2.24, 2.45) is 0 Å². The molecule has 0 radical (unpaired) electrons. The molecule has 4 heteroatoms. The van der Waals surface area contributed by atoms with Gasteiger partial charge in [0.05, 0.1) is 0 Å². The molecule has 2 aromatic rings. The summed E-state index contributed by atoms with van der Waals surface area (Å²) in [6.07, 6.45) is 0.858. The van der Waals surface area contributed by atoms with Gasteiger partial charge in [0.2, 0.25) is 0 Å². The van der Waals surface area contributed by atoms with Crippen molar-refractivity contribution in [2.75, 3.05) is 24.5 Å². The molecule has 0 bridgehead atoms. The van der Waals surface area contributed by atoms with E-state index in [1.165, 1.54) is 18.2 Å². The molecule has 2 nitrogen and oxygen atoms in total. The van der Waals surface area contributed by atoms with Crippen molar-refractivity contribution in [3.05, 3.63) is 65.7 Å². The second-order valence-electron chi connectivity index (χ2n) is 5.29. The van der Waals surface area contributed by atoms with Crippen LogP contribution in [0.4, 0.5) is 14.5 Å². The smallest absolute Gasteiger partial charge is 0.149 e. The fourth-order valence-electron chi connectivity index (χ4n) is 2.83. The van der Waals surface area contributed by atoms with Gasteiger partial charge in [0.1, 0.15) is 17.3 Å². The summed E-state index contributed by atoms with van der Waals surface area (Å²) in [5.74, 6) is -0.993. The Morgan fingerprint density at radius 1 is 0.952 bits per heavy atom.